The van der Waals surface area contributed by atoms with Gasteiger partial charge in [-0.1, -0.05) is 13.8 Å². The summed E-state index contributed by atoms with van der Waals surface area (Å²) < 4.78 is 0. The predicted octanol–water partition coefficient (Wildman–Crippen LogP) is 0.183. The first-order valence-corrected chi connectivity index (χ1v) is 2.99. The minimum atomic E-state index is 0.204. The molecule has 2 heteroatoms. The molecule has 1 fully saturated rings. The Bertz CT molecular complexity index is 101. The van der Waals surface area contributed by atoms with Crippen LogP contribution in [0.15, 0.2) is 0 Å². The van der Waals surface area contributed by atoms with Crippen molar-refractivity contribution in [2.24, 2.45) is 5.92 Å². The van der Waals surface area contributed by atoms with Gasteiger partial charge in [0.1, 0.15) is 0 Å². The maximum atomic E-state index is 10.8. The van der Waals surface area contributed by atoms with Crippen molar-refractivity contribution in [3.05, 3.63) is 0 Å². The zero-order valence-electron chi connectivity index (χ0n) is 5.27. The van der Waals surface area contributed by atoms with Crippen molar-refractivity contribution in [1.82, 2.24) is 5.32 Å². The third-order valence-electron chi connectivity index (χ3n) is 1.32. The summed E-state index contributed by atoms with van der Waals surface area (Å²) in [5, 5.41) is 2.97. The van der Waals surface area contributed by atoms with Crippen LogP contribution in [0.1, 0.15) is 13.8 Å². The van der Waals surface area contributed by atoms with E-state index in [1.807, 2.05) is 13.8 Å². The summed E-state index contributed by atoms with van der Waals surface area (Å²) in [5.74, 6) is 0.556. The predicted molar refractivity (Wildman–Crippen MR) is 31.6 cm³/mol. The molecule has 0 aromatic rings. The Balaban J connectivity index is 2.33. The maximum Gasteiger partial charge on any atom is 0.153 e. The molecule has 1 heterocycles. The van der Waals surface area contributed by atoms with Gasteiger partial charge in [0.25, 0.3) is 0 Å². The van der Waals surface area contributed by atoms with Crippen LogP contribution in [0.3, 0.4) is 0 Å². The molecule has 1 N–H and O–H groups in total. The van der Waals surface area contributed by atoms with Gasteiger partial charge in [-0.05, 0) is 0 Å². The van der Waals surface area contributed by atoms with Gasteiger partial charge < -0.3 is 5.32 Å². The minimum Gasteiger partial charge on any atom is -0.304 e. The molecule has 8 heavy (non-hydrogen) atoms. The largest absolute Gasteiger partial charge is 0.304 e. The van der Waals surface area contributed by atoms with E-state index in [9.17, 15) is 4.79 Å². The number of nitrogens with one attached hydrogen (secondary N) is 1. The number of carbonyl (C=O) groups is 1. The Labute approximate surface area is 49.3 Å². The van der Waals surface area contributed by atoms with Gasteiger partial charge in [-0.3, -0.25) is 4.79 Å². The number of Topliss-reactive ketones (excluding diaryl/α,β-unsaturated/α-hetero) is 1. The average Bonchev–Trinajstić information content (AvgIpc) is 2.43. The molecule has 46 valence electrons. The first kappa shape index (κ1) is 5.76. The Hall–Kier alpha value is -0.370. The van der Waals surface area contributed by atoms with E-state index in [1.165, 1.54) is 0 Å². The molecule has 0 aliphatic carbocycles. The quantitative estimate of drug-likeness (QED) is 0.519. The number of carbonyl (C=O) groups excluding carboxylic acids is 1. The van der Waals surface area contributed by atoms with E-state index in [1.54, 1.807) is 0 Å². The van der Waals surface area contributed by atoms with Gasteiger partial charge >= 0.3 is 0 Å². The molecule has 1 atom stereocenters. The summed E-state index contributed by atoms with van der Waals surface area (Å²) >= 11 is 0. The van der Waals surface area contributed by atoms with Crippen LogP contribution < -0.4 is 5.32 Å². The third-order valence-corrected chi connectivity index (χ3v) is 1.32. The number of hydrogen-bond donors (Lipinski definition) is 1. The lowest BCUT2D eigenvalue weighted by molar-refractivity contribution is -0.121. The Morgan fingerprint density at radius 1 is 1.75 bits per heavy atom. The van der Waals surface area contributed by atoms with Crippen molar-refractivity contribution in [3.63, 3.8) is 0 Å². The second-order valence-electron chi connectivity index (χ2n) is 2.52. The highest BCUT2D eigenvalue weighted by atomic mass is 16.1. The van der Waals surface area contributed by atoms with E-state index in [0.717, 1.165) is 6.54 Å². The van der Waals surface area contributed by atoms with Crippen LogP contribution in [-0.4, -0.2) is 18.4 Å². The van der Waals surface area contributed by atoms with E-state index in [0.29, 0.717) is 5.78 Å². The minimum absolute atomic E-state index is 0.204. The monoisotopic (exact) mass is 113 g/mol. The van der Waals surface area contributed by atoms with Crippen LogP contribution in [0, 0.1) is 5.92 Å². The van der Waals surface area contributed by atoms with Gasteiger partial charge in [-0.15, -0.1) is 0 Å². The Morgan fingerprint density at radius 2 is 2.25 bits per heavy atom. The molecule has 1 unspecified atom stereocenters. The van der Waals surface area contributed by atoms with Gasteiger partial charge in [0.15, 0.2) is 5.78 Å². The zero-order chi connectivity index (χ0) is 6.15. The normalized spacial score (nSPS) is 26.1. The fraction of sp³-hybridized carbons (Fsp3) is 0.833. The topological polar surface area (TPSA) is 39.0 Å². The SMILES string of the molecule is CC(C)C(=O)C1CN1. The molecule has 0 saturated carbocycles. The first-order valence-electron chi connectivity index (χ1n) is 2.99. The molecule has 1 rings (SSSR count). The molecule has 0 spiro atoms. The first-order chi connectivity index (χ1) is 3.72. The van der Waals surface area contributed by atoms with Gasteiger partial charge in [-0.25, -0.2) is 0 Å². The third kappa shape index (κ3) is 1.07. The highest BCUT2D eigenvalue weighted by Gasteiger charge is 2.29. The lowest BCUT2D eigenvalue weighted by Crippen LogP contribution is -2.15. The van der Waals surface area contributed by atoms with E-state index < -0.39 is 0 Å². The van der Waals surface area contributed by atoms with Crippen LogP contribution in [-0.2, 0) is 4.79 Å². The fourth-order valence-electron chi connectivity index (χ4n) is 0.662. The molecule has 0 radical (unpaired) electrons. The smallest absolute Gasteiger partial charge is 0.153 e. The molecule has 0 amide bonds. The number of hydrogen-bond acceptors (Lipinski definition) is 2. The molecule has 0 aromatic carbocycles. The summed E-state index contributed by atoms with van der Waals surface area (Å²) in [7, 11) is 0. The fourth-order valence-corrected chi connectivity index (χ4v) is 0.662. The molecule has 1 aliphatic heterocycles. The van der Waals surface area contributed by atoms with Crippen molar-refractivity contribution in [2.75, 3.05) is 6.54 Å². The van der Waals surface area contributed by atoms with Gasteiger partial charge in [-0.2, -0.15) is 0 Å². The molecule has 1 saturated heterocycles. The van der Waals surface area contributed by atoms with E-state index in [-0.39, 0.29) is 12.0 Å². The lowest BCUT2D eigenvalue weighted by atomic mass is 10.1. The standard InChI is InChI=1S/C6H11NO/c1-4(2)6(8)5-3-7-5/h4-5,7H,3H2,1-2H3. The molecule has 2 nitrogen and oxygen atoms in total. The summed E-state index contributed by atoms with van der Waals surface area (Å²) in [5.41, 5.74) is 0. The Kier molecular flexibility index (Phi) is 1.34. The second kappa shape index (κ2) is 1.86. The van der Waals surface area contributed by atoms with Crippen LogP contribution in [0.25, 0.3) is 0 Å². The molecule has 0 aromatic heterocycles. The summed E-state index contributed by atoms with van der Waals surface area (Å²) in [6, 6.07) is 0.204. The van der Waals surface area contributed by atoms with Crippen LogP contribution in [0.2, 0.25) is 0 Å². The lowest BCUT2D eigenvalue weighted by Gasteiger charge is -1.97. The van der Waals surface area contributed by atoms with Gasteiger partial charge in [0, 0.05) is 12.5 Å². The molecular weight excluding hydrogens is 102 g/mol. The summed E-state index contributed by atoms with van der Waals surface area (Å²) in [6.45, 7) is 4.77. The van der Waals surface area contributed by atoms with Crippen LogP contribution >= 0.6 is 0 Å². The number of rotatable bonds is 2. The maximum absolute atomic E-state index is 10.8. The highest BCUT2D eigenvalue weighted by Crippen LogP contribution is 2.05. The zero-order valence-corrected chi connectivity index (χ0v) is 5.27. The van der Waals surface area contributed by atoms with E-state index >= 15 is 0 Å². The Morgan fingerprint density at radius 3 is 2.38 bits per heavy atom. The molecular formula is C6H11NO. The van der Waals surface area contributed by atoms with E-state index in [2.05, 4.69) is 5.32 Å². The van der Waals surface area contributed by atoms with Crippen molar-refractivity contribution in [3.8, 4) is 0 Å². The summed E-state index contributed by atoms with van der Waals surface area (Å²) in [6.07, 6.45) is 0. The molecule has 0 bridgehead atoms. The average molecular weight is 113 g/mol. The van der Waals surface area contributed by atoms with Crippen molar-refractivity contribution in [1.29, 1.82) is 0 Å². The molecule has 1 aliphatic rings. The van der Waals surface area contributed by atoms with Gasteiger partial charge in [0.05, 0.1) is 6.04 Å². The van der Waals surface area contributed by atoms with Crippen LogP contribution in [0.4, 0.5) is 0 Å². The van der Waals surface area contributed by atoms with Crippen molar-refractivity contribution in [2.45, 2.75) is 19.9 Å². The van der Waals surface area contributed by atoms with Crippen molar-refractivity contribution >= 4 is 5.78 Å². The number of ketones is 1. The van der Waals surface area contributed by atoms with Crippen molar-refractivity contribution < 1.29 is 4.79 Å². The second-order valence-corrected chi connectivity index (χ2v) is 2.52. The van der Waals surface area contributed by atoms with E-state index in [4.69, 9.17) is 0 Å². The highest BCUT2D eigenvalue weighted by molar-refractivity contribution is 5.88. The van der Waals surface area contributed by atoms with Gasteiger partial charge in [0.2, 0.25) is 0 Å². The van der Waals surface area contributed by atoms with Crippen LogP contribution in [0.5, 0.6) is 0 Å². The summed E-state index contributed by atoms with van der Waals surface area (Å²) in [4.78, 5) is 10.8.